The van der Waals surface area contributed by atoms with Crippen molar-refractivity contribution in [1.82, 2.24) is 5.32 Å². The molecule has 0 bridgehead atoms. The van der Waals surface area contributed by atoms with Gasteiger partial charge in [0.25, 0.3) is 0 Å². The van der Waals surface area contributed by atoms with Crippen LogP contribution in [0.15, 0.2) is 0 Å². The van der Waals surface area contributed by atoms with Crippen molar-refractivity contribution in [2.75, 3.05) is 19.7 Å². The highest BCUT2D eigenvalue weighted by molar-refractivity contribution is 5.00. The third-order valence-electron chi connectivity index (χ3n) is 4.92. The summed E-state index contributed by atoms with van der Waals surface area (Å²) >= 11 is 0. The zero-order chi connectivity index (χ0) is 11.1. The fourth-order valence-corrected chi connectivity index (χ4v) is 3.64. The maximum absolute atomic E-state index is 14.9. The SMILES string of the molecule is FC1(C2CCOC3(CCC3)C2)CCNCC1. The van der Waals surface area contributed by atoms with Crippen LogP contribution in [0, 0.1) is 5.92 Å². The molecule has 1 spiro atoms. The van der Waals surface area contributed by atoms with Crippen molar-refractivity contribution in [1.29, 1.82) is 0 Å². The molecule has 2 aliphatic heterocycles. The summed E-state index contributed by atoms with van der Waals surface area (Å²) in [6.07, 6.45) is 6.91. The summed E-state index contributed by atoms with van der Waals surface area (Å²) in [7, 11) is 0. The molecule has 3 aliphatic rings. The van der Waals surface area contributed by atoms with Gasteiger partial charge >= 0.3 is 0 Å². The Hall–Kier alpha value is -0.150. The molecule has 0 aromatic rings. The quantitative estimate of drug-likeness (QED) is 0.743. The zero-order valence-corrected chi connectivity index (χ0v) is 9.93. The number of piperidine rings is 1. The van der Waals surface area contributed by atoms with Gasteiger partial charge in [0.1, 0.15) is 5.67 Å². The van der Waals surface area contributed by atoms with Crippen LogP contribution in [0.3, 0.4) is 0 Å². The normalized spacial score (nSPS) is 36.9. The summed E-state index contributed by atoms with van der Waals surface area (Å²) in [5.74, 6) is 0.253. The minimum absolute atomic E-state index is 0.0902. The Bertz CT molecular complexity index is 259. The monoisotopic (exact) mass is 227 g/mol. The van der Waals surface area contributed by atoms with Crippen LogP contribution in [0.5, 0.6) is 0 Å². The van der Waals surface area contributed by atoms with E-state index in [1.54, 1.807) is 0 Å². The average Bonchev–Trinajstić information content (AvgIpc) is 2.28. The molecule has 0 amide bonds. The van der Waals surface area contributed by atoms with E-state index in [4.69, 9.17) is 4.74 Å². The van der Waals surface area contributed by atoms with Gasteiger partial charge in [-0.15, -0.1) is 0 Å². The lowest BCUT2D eigenvalue weighted by Gasteiger charge is -2.51. The van der Waals surface area contributed by atoms with Gasteiger partial charge in [0.05, 0.1) is 5.60 Å². The molecule has 1 unspecified atom stereocenters. The van der Waals surface area contributed by atoms with E-state index in [9.17, 15) is 4.39 Å². The van der Waals surface area contributed by atoms with Gasteiger partial charge in [-0.1, -0.05) is 0 Å². The van der Waals surface area contributed by atoms with Gasteiger partial charge in [0.15, 0.2) is 0 Å². The second-order valence-corrected chi connectivity index (χ2v) is 5.86. The number of hydrogen-bond acceptors (Lipinski definition) is 2. The number of rotatable bonds is 1. The summed E-state index contributed by atoms with van der Waals surface area (Å²) in [6, 6.07) is 0. The minimum atomic E-state index is -0.905. The van der Waals surface area contributed by atoms with Crippen molar-refractivity contribution in [3.63, 3.8) is 0 Å². The van der Waals surface area contributed by atoms with E-state index in [0.29, 0.717) is 12.8 Å². The molecule has 16 heavy (non-hydrogen) atoms. The Balaban J connectivity index is 1.68. The molecular formula is C13H22FNO. The van der Waals surface area contributed by atoms with Gasteiger partial charge < -0.3 is 10.1 Å². The molecule has 3 rings (SSSR count). The number of ether oxygens (including phenoxy) is 1. The van der Waals surface area contributed by atoms with E-state index >= 15 is 0 Å². The lowest BCUT2D eigenvalue weighted by Crippen LogP contribution is -2.52. The fraction of sp³-hybridized carbons (Fsp3) is 1.00. The molecule has 1 atom stereocenters. The zero-order valence-electron chi connectivity index (χ0n) is 9.93. The molecular weight excluding hydrogens is 205 g/mol. The van der Waals surface area contributed by atoms with Crippen molar-refractivity contribution in [2.24, 2.45) is 5.92 Å². The predicted molar refractivity (Wildman–Crippen MR) is 61.2 cm³/mol. The number of hydrogen-bond donors (Lipinski definition) is 1. The van der Waals surface area contributed by atoms with Crippen LogP contribution in [0.4, 0.5) is 4.39 Å². The molecule has 0 radical (unpaired) electrons. The molecule has 1 saturated carbocycles. The molecule has 3 heteroatoms. The highest BCUT2D eigenvalue weighted by Gasteiger charge is 2.49. The van der Waals surface area contributed by atoms with Crippen LogP contribution in [0.1, 0.15) is 44.9 Å². The Morgan fingerprint density at radius 3 is 2.50 bits per heavy atom. The first-order valence-electron chi connectivity index (χ1n) is 6.76. The second kappa shape index (κ2) is 3.95. The Labute approximate surface area is 96.9 Å². The lowest BCUT2D eigenvalue weighted by molar-refractivity contribution is -0.166. The Morgan fingerprint density at radius 1 is 1.12 bits per heavy atom. The maximum atomic E-state index is 14.9. The Morgan fingerprint density at radius 2 is 1.88 bits per heavy atom. The molecule has 0 aromatic heterocycles. The summed E-state index contributed by atoms with van der Waals surface area (Å²) in [6.45, 7) is 2.48. The summed E-state index contributed by atoms with van der Waals surface area (Å²) in [5, 5.41) is 3.26. The van der Waals surface area contributed by atoms with Crippen molar-refractivity contribution in [3.8, 4) is 0 Å². The highest BCUT2D eigenvalue weighted by atomic mass is 19.1. The van der Waals surface area contributed by atoms with Gasteiger partial charge in [-0.25, -0.2) is 4.39 Å². The maximum Gasteiger partial charge on any atom is 0.116 e. The van der Waals surface area contributed by atoms with Crippen LogP contribution in [0.25, 0.3) is 0 Å². The standard InChI is InChI=1S/C13H22FNO/c14-13(5-7-15-8-6-13)11-2-9-16-12(10-11)3-1-4-12/h11,15H,1-10H2. The predicted octanol–water partition coefficient (Wildman–Crippen LogP) is 2.43. The van der Waals surface area contributed by atoms with E-state index in [-0.39, 0.29) is 11.5 Å². The van der Waals surface area contributed by atoms with Crippen molar-refractivity contribution in [2.45, 2.75) is 56.2 Å². The third kappa shape index (κ3) is 1.78. The van der Waals surface area contributed by atoms with E-state index in [0.717, 1.165) is 45.4 Å². The third-order valence-corrected chi connectivity index (χ3v) is 4.92. The summed E-state index contributed by atoms with van der Waals surface area (Å²) < 4.78 is 20.8. The van der Waals surface area contributed by atoms with Crippen LogP contribution in [0.2, 0.25) is 0 Å². The van der Waals surface area contributed by atoms with Gasteiger partial charge in [-0.05, 0) is 64.0 Å². The molecule has 3 fully saturated rings. The smallest absolute Gasteiger partial charge is 0.116 e. The molecule has 1 aliphatic carbocycles. The first-order chi connectivity index (χ1) is 7.73. The van der Waals surface area contributed by atoms with Gasteiger partial charge in [-0.3, -0.25) is 0 Å². The Kier molecular flexibility index (Phi) is 2.71. The molecule has 92 valence electrons. The van der Waals surface area contributed by atoms with Crippen molar-refractivity contribution in [3.05, 3.63) is 0 Å². The van der Waals surface area contributed by atoms with E-state index in [2.05, 4.69) is 5.32 Å². The molecule has 0 aromatic carbocycles. The minimum Gasteiger partial charge on any atom is -0.375 e. The van der Waals surface area contributed by atoms with Gasteiger partial charge in [0.2, 0.25) is 0 Å². The highest BCUT2D eigenvalue weighted by Crippen LogP contribution is 2.49. The fourth-order valence-electron chi connectivity index (χ4n) is 3.64. The lowest BCUT2D eigenvalue weighted by atomic mass is 9.66. The summed E-state index contributed by atoms with van der Waals surface area (Å²) in [4.78, 5) is 0. The van der Waals surface area contributed by atoms with Gasteiger partial charge in [0, 0.05) is 6.61 Å². The number of halogens is 1. The van der Waals surface area contributed by atoms with Crippen LogP contribution < -0.4 is 5.32 Å². The van der Waals surface area contributed by atoms with Crippen molar-refractivity contribution >= 4 is 0 Å². The van der Waals surface area contributed by atoms with Crippen LogP contribution in [-0.4, -0.2) is 31.0 Å². The first kappa shape index (κ1) is 11.0. The summed E-state index contributed by atoms with van der Waals surface area (Å²) in [5.41, 5.74) is -0.815. The largest absolute Gasteiger partial charge is 0.375 e. The van der Waals surface area contributed by atoms with Crippen LogP contribution in [-0.2, 0) is 4.74 Å². The number of alkyl halides is 1. The van der Waals surface area contributed by atoms with Gasteiger partial charge in [-0.2, -0.15) is 0 Å². The van der Waals surface area contributed by atoms with E-state index in [1.165, 1.54) is 6.42 Å². The molecule has 2 nitrogen and oxygen atoms in total. The average molecular weight is 227 g/mol. The van der Waals surface area contributed by atoms with E-state index < -0.39 is 5.67 Å². The van der Waals surface area contributed by atoms with E-state index in [1.807, 2.05) is 0 Å². The molecule has 2 saturated heterocycles. The van der Waals surface area contributed by atoms with Crippen LogP contribution >= 0.6 is 0 Å². The topological polar surface area (TPSA) is 21.3 Å². The molecule has 2 heterocycles. The second-order valence-electron chi connectivity index (χ2n) is 5.86. The first-order valence-corrected chi connectivity index (χ1v) is 6.76. The van der Waals surface area contributed by atoms with Crippen molar-refractivity contribution < 1.29 is 9.13 Å². The number of nitrogens with one attached hydrogen (secondary N) is 1. The molecule has 1 N–H and O–H groups in total.